The molecule has 0 radical (unpaired) electrons. The van der Waals surface area contributed by atoms with Crippen LogP contribution in [0.1, 0.15) is 5.69 Å². The Kier molecular flexibility index (Phi) is 5.08. The Labute approximate surface area is 144 Å². The second kappa shape index (κ2) is 7.61. The van der Waals surface area contributed by atoms with Crippen molar-refractivity contribution in [2.45, 2.75) is 6.54 Å². The number of nitrogens with two attached hydrogens (primary N) is 1. The van der Waals surface area contributed by atoms with E-state index in [-0.39, 0.29) is 0 Å². The second-order valence-electron chi connectivity index (χ2n) is 5.06. The number of nitrogens with zero attached hydrogens (tertiary/aromatic N) is 2. The molecular formula is C18H18N4OS. The van der Waals surface area contributed by atoms with E-state index >= 15 is 0 Å². The Morgan fingerprint density at radius 2 is 1.92 bits per heavy atom. The fourth-order valence-corrected chi connectivity index (χ4v) is 2.94. The molecular weight excluding hydrogens is 320 g/mol. The van der Waals surface area contributed by atoms with E-state index in [0.717, 1.165) is 27.7 Å². The van der Waals surface area contributed by atoms with E-state index in [2.05, 4.69) is 15.3 Å². The number of rotatable bonds is 5. The van der Waals surface area contributed by atoms with Gasteiger partial charge in [-0.15, -0.1) is 11.3 Å². The van der Waals surface area contributed by atoms with E-state index in [9.17, 15) is 0 Å². The van der Waals surface area contributed by atoms with Crippen LogP contribution in [0.25, 0.3) is 10.6 Å². The number of para-hydroxylation sites is 1. The zero-order chi connectivity index (χ0) is 16.8. The number of methoxy groups -OCH3 is 1. The maximum Gasteiger partial charge on any atom is 0.193 e. The molecule has 6 heteroatoms. The molecule has 0 saturated carbocycles. The Hall–Kier alpha value is -2.86. The highest BCUT2D eigenvalue weighted by atomic mass is 32.1. The van der Waals surface area contributed by atoms with Gasteiger partial charge in [0.25, 0.3) is 0 Å². The highest BCUT2D eigenvalue weighted by molar-refractivity contribution is 7.13. The molecule has 0 fully saturated rings. The van der Waals surface area contributed by atoms with Gasteiger partial charge in [0.15, 0.2) is 5.96 Å². The molecule has 0 spiro atoms. The number of guanidine groups is 1. The summed E-state index contributed by atoms with van der Waals surface area (Å²) in [5.41, 5.74) is 8.77. The summed E-state index contributed by atoms with van der Waals surface area (Å²) in [7, 11) is 1.66. The summed E-state index contributed by atoms with van der Waals surface area (Å²) in [5, 5.41) is 6.01. The highest BCUT2D eigenvalue weighted by Gasteiger charge is 2.05. The molecule has 0 aliphatic rings. The van der Waals surface area contributed by atoms with Gasteiger partial charge in [0, 0.05) is 16.6 Å². The fourth-order valence-electron chi connectivity index (χ4n) is 2.12. The summed E-state index contributed by atoms with van der Waals surface area (Å²) >= 11 is 1.59. The van der Waals surface area contributed by atoms with Crippen molar-refractivity contribution in [1.82, 2.24) is 4.98 Å². The van der Waals surface area contributed by atoms with Crippen molar-refractivity contribution >= 4 is 23.0 Å². The minimum absolute atomic E-state index is 0.375. The zero-order valence-electron chi connectivity index (χ0n) is 13.3. The van der Waals surface area contributed by atoms with Gasteiger partial charge < -0.3 is 15.8 Å². The molecule has 0 unspecified atom stereocenters. The average molecular weight is 338 g/mol. The van der Waals surface area contributed by atoms with Gasteiger partial charge in [-0.25, -0.2) is 9.98 Å². The predicted octanol–water partition coefficient (Wildman–Crippen LogP) is 3.75. The molecule has 3 rings (SSSR count). The summed E-state index contributed by atoms with van der Waals surface area (Å²) in [6.07, 6.45) is 0. The average Bonchev–Trinajstić information content (AvgIpc) is 3.10. The smallest absolute Gasteiger partial charge is 0.193 e. The first-order valence-electron chi connectivity index (χ1n) is 7.45. The number of hydrogen-bond donors (Lipinski definition) is 2. The largest absolute Gasteiger partial charge is 0.497 e. The third-order valence-corrected chi connectivity index (χ3v) is 4.29. The van der Waals surface area contributed by atoms with Gasteiger partial charge in [-0.3, -0.25) is 0 Å². The summed E-state index contributed by atoms with van der Waals surface area (Å²) in [4.78, 5) is 8.93. The third-order valence-electron chi connectivity index (χ3n) is 3.35. The standard InChI is InChI=1S/C18H18N4OS/c1-23-16-9-7-13(8-10-16)17-21-15(12-24-17)11-20-18(19)22-14-5-3-2-4-6-14/h2-10,12H,11H2,1H3,(H3,19,20,22). The third kappa shape index (κ3) is 4.11. The molecule has 0 atom stereocenters. The maximum atomic E-state index is 5.90. The van der Waals surface area contributed by atoms with Gasteiger partial charge in [-0.05, 0) is 36.4 Å². The number of hydrogen-bond acceptors (Lipinski definition) is 4. The predicted molar refractivity (Wildman–Crippen MR) is 99.5 cm³/mol. The van der Waals surface area contributed by atoms with E-state index in [1.807, 2.05) is 60.0 Å². The first-order chi connectivity index (χ1) is 11.7. The van der Waals surface area contributed by atoms with Gasteiger partial charge in [0.2, 0.25) is 0 Å². The summed E-state index contributed by atoms with van der Waals surface area (Å²) in [6, 6.07) is 17.6. The van der Waals surface area contributed by atoms with Crippen LogP contribution in [0.2, 0.25) is 0 Å². The van der Waals surface area contributed by atoms with Gasteiger partial charge in [0.05, 0.1) is 19.3 Å². The molecule has 0 aliphatic carbocycles. The second-order valence-corrected chi connectivity index (χ2v) is 5.92. The minimum atomic E-state index is 0.375. The van der Waals surface area contributed by atoms with Crippen molar-refractivity contribution in [3.63, 3.8) is 0 Å². The highest BCUT2D eigenvalue weighted by Crippen LogP contribution is 2.25. The SMILES string of the molecule is COc1ccc(-c2nc(CN=C(N)Nc3ccccc3)cs2)cc1. The zero-order valence-corrected chi connectivity index (χ0v) is 14.1. The van der Waals surface area contributed by atoms with E-state index in [0.29, 0.717) is 12.5 Å². The van der Waals surface area contributed by atoms with Gasteiger partial charge in [-0.2, -0.15) is 0 Å². The molecule has 3 aromatic rings. The Morgan fingerprint density at radius 1 is 1.17 bits per heavy atom. The number of anilines is 1. The topological polar surface area (TPSA) is 72.5 Å². The summed E-state index contributed by atoms with van der Waals surface area (Å²) in [5.74, 6) is 1.21. The molecule has 0 aliphatic heterocycles. The van der Waals surface area contributed by atoms with Crippen LogP contribution in [0, 0.1) is 0 Å². The molecule has 0 saturated heterocycles. The quantitative estimate of drug-likeness (QED) is 0.549. The molecule has 3 N–H and O–H groups in total. The van der Waals surface area contributed by atoms with Gasteiger partial charge in [0.1, 0.15) is 10.8 Å². The molecule has 122 valence electrons. The Balaban J connectivity index is 1.64. The van der Waals surface area contributed by atoms with Crippen molar-refractivity contribution in [2.24, 2.45) is 10.7 Å². The van der Waals surface area contributed by atoms with E-state index < -0.39 is 0 Å². The Morgan fingerprint density at radius 3 is 2.62 bits per heavy atom. The molecule has 24 heavy (non-hydrogen) atoms. The number of benzene rings is 2. The number of ether oxygens (including phenoxy) is 1. The molecule has 1 aromatic heterocycles. The maximum absolute atomic E-state index is 5.90. The van der Waals surface area contributed by atoms with Crippen LogP contribution in [0.4, 0.5) is 5.69 Å². The van der Waals surface area contributed by atoms with Crippen molar-refractivity contribution in [3.05, 3.63) is 65.7 Å². The first kappa shape index (κ1) is 16.0. The summed E-state index contributed by atoms with van der Waals surface area (Å²) in [6.45, 7) is 0.443. The normalized spacial score (nSPS) is 11.3. The van der Waals surface area contributed by atoms with Crippen molar-refractivity contribution in [1.29, 1.82) is 0 Å². The van der Waals surface area contributed by atoms with Crippen molar-refractivity contribution in [2.75, 3.05) is 12.4 Å². The van der Waals surface area contributed by atoms with Crippen molar-refractivity contribution in [3.8, 4) is 16.3 Å². The lowest BCUT2D eigenvalue weighted by molar-refractivity contribution is 0.415. The lowest BCUT2D eigenvalue weighted by atomic mass is 10.2. The van der Waals surface area contributed by atoms with E-state index in [1.165, 1.54) is 0 Å². The molecule has 2 aromatic carbocycles. The van der Waals surface area contributed by atoms with E-state index in [1.54, 1.807) is 18.4 Å². The van der Waals surface area contributed by atoms with Crippen LogP contribution in [0.15, 0.2) is 65.0 Å². The first-order valence-corrected chi connectivity index (χ1v) is 8.33. The van der Waals surface area contributed by atoms with Crippen LogP contribution in [-0.4, -0.2) is 18.1 Å². The minimum Gasteiger partial charge on any atom is -0.497 e. The van der Waals surface area contributed by atoms with Gasteiger partial charge in [-0.1, -0.05) is 18.2 Å². The number of nitrogens with one attached hydrogen (secondary N) is 1. The van der Waals surface area contributed by atoms with Crippen LogP contribution < -0.4 is 15.8 Å². The Bertz CT molecular complexity index is 813. The molecule has 0 amide bonds. The van der Waals surface area contributed by atoms with Crippen LogP contribution in [-0.2, 0) is 6.54 Å². The lowest BCUT2D eigenvalue weighted by Crippen LogP contribution is -2.22. The van der Waals surface area contributed by atoms with Crippen LogP contribution in [0.3, 0.4) is 0 Å². The van der Waals surface area contributed by atoms with Gasteiger partial charge >= 0.3 is 0 Å². The van der Waals surface area contributed by atoms with E-state index in [4.69, 9.17) is 10.5 Å². The lowest BCUT2D eigenvalue weighted by Gasteiger charge is -2.04. The summed E-state index contributed by atoms with van der Waals surface area (Å²) < 4.78 is 5.17. The molecule has 0 bridgehead atoms. The van der Waals surface area contributed by atoms with Crippen molar-refractivity contribution < 1.29 is 4.74 Å². The fraction of sp³-hybridized carbons (Fsp3) is 0.111. The number of aromatic nitrogens is 1. The number of thiazole rings is 1. The van der Waals surface area contributed by atoms with Crippen LogP contribution >= 0.6 is 11.3 Å². The molecule has 1 heterocycles. The van der Waals surface area contributed by atoms with Crippen LogP contribution in [0.5, 0.6) is 5.75 Å². The molecule has 5 nitrogen and oxygen atoms in total. The number of aliphatic imine (C=N–C) groups is 1. The monoisotopic (exact) mass is 338 g/mol.